The van der Waals surface area contributed by atoms with Crippen molar-refractivity contribution in [3.05, 3.63) is 29.1 Å². The topological polar surface area (TPSA) is 76.5 Å². The number of pyridine rings is 1. The van der Waals surface area contributed by atoms with Gasteiger partial charge in [-0.3, -0.25) is 4.79 Å². The van der Waals surface area contributed by atoms with Crippen LogP contribution in [0.2, 0.25) is 0 Å². The number of aromatic nitrogens is 1. The molecule has 0 bridgehead atoms. The molecule has 86 valence electrons. The molecule has 2 heterocycles. The molecule has 6 nitrogen and oxygen atoms in total. The van der Waals surface area contributed by atoms with Crippen molar-refractivity contribution in [2.24, 2.45) is 0 Å². The van der Waals surface area contributed by atoms with Crippen molar-refractivity contribution in [1.82, 2.24) is 13.5 Å². The van der Waals surface area contributed by atoms with Crippen LogP contribution in [0.3, 0.4) is 0 Å². The molecule has 1 aromatic rings. The highest BCUT2D eigenvalue weighted by Crippen LogP contribution is 2.39. The van der Waals surface area contributed by atoms with E-state index in [1.165, 1.54) is 16.6 Å². The van der Waals surface area contributed by atoms with Crippen LogP contribution in [0.5, 0.6) is 0 Å². The van der Waals surface area contributed by atoms with Gasteiger partial charge in [0.1, 0.15) is 5.56 Å². The summed E-state index contributed by atoms with van der Waals surface area (Å²) in [7, 11) is 0. The number of hydrogen-bond acceptors (Lipinski definition) is 5. The molecular weight excluding hydrogens is 230 g/mol. The molecule has 0 fully saturated rings. The summed E-state index contributed by atoms with van der Waals surface area (Å²) in [5, 5.41) is 21.5. The van der Waals surface area contributed by atoms with Crippen LogP contribution in [-0.4, -0.2) is 26.4 Å². The Morgan fingerprint density at radius 1 is 1.62 bits per heavy atom. The minimum atomic E-state index is -1.71. The minimum Gasteiger partial charge on any atom is -0.578 e. The van der Waals surface area contributed by atoms with Crippen LogP contribution in [0.25, 0.3) is 0 Å². The van der Waals surface area contributed by atoms with E-state index in [-0.39, 0.29) is 23.3 Å². The van der Waals surface area contributed by atoms with Gasteiger partial charge in [0.2, 0.25) is 12.1 Å². The van der Waals surface area contributed by atoms with Crippen molar-refractivity contribution >= 4 is 23.9 Å². The van der Waals surface area contributed by atoms with Crippen LogP contribution in [0.1, 0.15) is 24.2 Å². The molecule has 1 unspecified atom stereocenters. The van der Waals surface area contributed by atoms with Gasteiger partial charge in [-0.25, -0.2) is 9.29 Å². The highest BCUT2D eigenvalue weighted by Gasteiger charge is 2.42. The highest BCUT2D eigenvalue weighted by atomic mass is 32.2. The summed E-state index contributed by atoms with van der Waals surface area (Å²) < 4.78 is -0.461. The summed E-state index contributed by atoms with van der Waals surface area (Å²) in [4.78, 5) is 15.7. The molecule has 0 aliphatic carbocycles. The Balaban J connectivity index is 2.54. The van der Waals surface area contributed by atoms with Gasteiger partial charge in [0.05, 0.1) is 0 Å². The lowest BCUT2D eigenvalue weighted by Gasteiger charge is -2.38. The van der Waals surface area contributed by atoms with Crippen molar-refractivity contribution in [3.8, 4) is 0 Å². The maximum absolute atomic E-state index is 12.0. The molecule has 16 heavy (non-hydrogen) atoms. The zero-order valence-corrected chi connectivity index (χ0v) is 9.64. The molecule has 1 amide bonds. The molecule has 1 aromatic heterocycles. The molecule has 0 saturated carbocycles. The van der Waals surface area contributed by atoms with Crippen molar-refractivity contribution in [2.75, 3.05) is 0 Å². The second kappa shape index (κ2) is 3.70. The first-order valence-electron chi connectivity index (χ1n) is 4.75. The van der Waals surface area contributed by atoms with Crippen LogP contribution in [0.15, 0.2) is 18.3 Å². The lowest BCUT2D eigenvalue weighted by molar-refractivity contribution is 0.0524. The van der Waals surface area contributed by atoms with Gasteiger partial charge in [0.25, 0.3) is 11.7 Å². The van der Waals surface area contributed by atoms with Crippen LogP contribution in [-0.2, 0) is 0 Å². The Morgan fingerprint density at radius 2 is 2.31 bits per heavy atom. The maximum Gasteiger partial charge on any atom is 0.287 e. The highest BCUT2D eigenvalue weighted by molar-refractivity contribution is 7.97. The second-order valence-corrected chi connectivity index (χ2v) is 4.75. The van der Waals surface area contributed by atoms with Gasteiger partial charge in [-0.15, -0.1) is 0 Å². The smallest absolute Gasteiger partial charge is 0.287 e. The number of rotatable bonds is 1. The van der Waals surface area contributed by atoms with E-state index in [2.05, 4.69) is 4.98 Å². The van der Waals surface area contributed by atoms with Crippen LogP contribution in [0.4, 0.5) is 5.82 Å². The Labute approximate surface area is 96.9 Å². The summed E-state index contributed by atoms with van der Waals surface area (Å²) in [6, 6.07) is 2.87. The number of quaternary nitrogens is 1. The number of carbonyl (C=O) groups excluding carboxylic acids is 1. The summed E-state index contributed by atoms with van der Waals surface area (Å²) in [6.07, 6.45) is 1.37. The number of nitrogens with zero attached hydrogens (tertiary/aromatic N) is 3. The Kier molecular flexibility index (Phi) is 2.62. The van der Waals surface area contributed by atoms with E-state index in [1.807, 2.05) is 0 Å². The van der Waals surface area contributed by atoms with Gasteiger partial charge in [-0.1, -0.05) is 4.21 Å². The lowest BCUT2D eigenvalue weighted by Crippen LogP contribution is -2.47. The molecule has 1 aliphatic rings. The Bertz CT molecular complexity index is 436. The van der Waals surface area contributed by atoms with E-state index >= 15 is 0 Å². The lowest BCUT2D eigenvalue weighted by atomic mass is 10.2. The summed E-state index contributed by atoms with van der Waals surface area (Å²) in [6.45, 7) is 3.54. The van der Waals surface area contributed by atoms with E-state index in [4.69, 9.17) is 0 Å². The summed E-state index contributed by atoms with van der Waals surface area (Å²) >= 11 is 0.506. The minimum absolute atomic E-state index is 0.146. The summed E-state index contributed by atoms with van der Waals surface area (Å²) in [5.41, 5.74) is 0.146. The predicted octanol–water partition coefficient (Wildman–Crippen LogP) is 1.70. The molecular formula is C9H11N3O3S. The van der Waals surface area contributed by atoms with E-state index in [1.54, 1.807) is 19.9 Å². The van der Waals surface area contributed by atoms with E-state index < -0.39 is 4.21 Å². The quantitative estimate of drug-likeness (QED) is 0.460. The third-order valence-corrected chi connectivity index (χ3v) is 3.31. The third-order valence-electron chi connectivity index (χ3n) is 2.15. The van der Waals surface area contributed by atoms with Gasteiger partial charge in [0, 0.05) is 12.2 Å². The molecule has 1 atom stereocenters. The molecule has 0 radical (unpaired) electrons. The van der Waals surface area contributed by atoms with Crippen molar-refractivity contribution < 1.29 is 10.0 Å². The third kappa shape index (κ3) is 1.67. The fraction of sp³-hybridized carbons (Fsp3) is 0.333. The fourth-order valence-corrected chi connectivity index (χ4v) is 2.25. The van der Waals surface area contributed by atoms with Gasteiger partial charge in [0.15, 0.2) is 0 Å². The first-order valence-corrected chi connectivity index (χ1v) is 5.48. The van der Waals surface area contributed by atoms with Gasteiger partial charge >= 0.3 is 0 Å². The Morgan fingerprint density at radius 3 is 2.94 bits per heavy atom. The zero-order chi connectivity index (χ0) is 11.9. The van der Waals surface area contributed by atoms with Crippen LogP contribution < -0.4 is 4.21 Å². The molecule has 0 spiro atoms. The average molecular weight is 241 g/mol. The number of fused-ring (bicyclic) bond motifs is 1. The summed E-state index contributed by atoms with van der Waals surface area (Å²) in [5.74, 6) is -0.476. The van der Waals surface area contributed by atoms with Crippen molar-refractivity contribution in [1.29, 1.82) is 0 Å². The first kappa shape index (κ1) is 11.3. The standard InChI is InChI=1S/C9H11N3O3S/c1-6(2)11-9(13)7-4-3-5-10-8(7)12(14,15)16-11/h3-6,14H,1-2H3. The number of amides is 1. The molecule has 0 saturated heterocycles. The molecule has 0 aromatic carbocycles. The molecule has 2 rings (SSSR count). The van der Waals surface area contributed by atoms with Gasteiger partial charge in [-0.2, -0.15) is 5.21 Å². The van der Waals surface area contributed by atoms with E-state index in [0.29, 0.717) is 12.1 Å². The van der Waals surface area contributed by atoms with E-state index in [9.17, 15) is 15.2 Å². The average Bonchev–Trinajstić information content (AvgIpc) is 2.23. The Hall–Kier alpha value is -1.15. The van der Waals surface area contributed by atoms with E-state index in [0.717, 1.165) is 0 Å². The maximum atomic E-state index is 12.0. The molecule has 7 heteroatoms. The van der Waals surface area contributed by atoms with Crippen LogP contribution in [0, 0.1) is 5.21 Å². The van der Waals surface area contributed by atoms with Gasteiger partial charge in [-0.05, 0) is 26.0 Å². The number of hydrogen-bond donors (Lipinski definition) is 1. The van der Waals surface area contributed by atoms with Crippen molar-refractivity contribution in [3.63, 3.8) is 0 Å². The molecule has 1 aliphatic heterocycles. The molecule has 1 N–H and O–H groups in total. The van der Waals surface area contributed by atoms with Crippen LogP contribution >= 0.6 is 12.1 Å². The second-order valence-electron chi connectivity index (χ2n) is 3.70. The normalized spacial score (nSPS) is 24.8. The largest absolute Gasteiger partial charge is 0.578 e. The monoisotopic (exact) mass is 241 g/mol. The zero-order valence-electron chi connectivity index (χ0n) is 8.82. The first-order chi connectivity index (χ1) is 7.43. The fourth-order valence-electron chi connectivity index (χ4n) is 1.43. The SMILES string of the molecule is CC(C)N1S[N+]([O-])(O)c2ncccc2C1=O. The predicted molar refractivity (Wildman–Crippen MR) is 60.1 cm³/mol. The van der Waals surface area contributed by atoms with Gasteiger partial charge < -0.3 is 5.21 Å². The van der Waals surface area contributed by atoms with Crippen molar-refractivity contribution in [2.45, 2.75) is 19.9 Å². The number of carbonyl (C=O) groups is 1.